The van der Waals surface area contributed by atoms with Crippen LogP contribution in [0.25, 0.3) is 0 Å². The molecule has 0 aliphatic carbocycles. The molecule has 0 spiro atoms. The zero-order valence-electron chi connectivity index (χ0n) is 3.84. The van der Waals surface area contributed by atoms with Crippen LogP contribution in [-0.2, 0) is 0 Å². The number of halogens is 2. The molecule has 8 heavy (non-hydrogen) atoms. The summed E-state index contributed by atoms with van der Waals surface area (Å²) < 4.78 is 16.4. The molecule has 0 amide bonds. The van der Waals surface area contributed by atoms with Crippen molar-refractivity contribution >= 4 is 11.6 Å². The van der Waals surface area contributed by atoms with Gasteiger partial charge in [0.05, 0.1) is 6.20 Å². The van der Waals surface area contributed by atoms with Crippen LogP contribution in [0.1, 0.15) is 11.5 Å². The summed E-state index contributed by atoms with van der Waals surface area (Å²) in [7, 11) is 0. The average Bonchev–Trinajstić information content (AvgIpc) is 2.12. The molecule has 0 bridgehead atoms. The Morgan fingerprint density at radius 2 is 2.62 bits per heavy atom. The number of aromatic nitrogens is 1. The minimum absolute atomic E-state index is 0.0910. The fourth-order valence-electron chi connectivity index (χ4n) is 0.342. The average molecular weight is 136 g/mol. The van der Waals surface area contributed by atoms with E-state index in [0.717, 1.165) is 0 Å². The lowest BCUT2D eigenvalue weighted by molar-refractivity contribution is 0.363. The van der Waals surface area contributed by atoms with Crippen molar-refractivity contribution in [1.82, 2.24) is 4.98 Å². The molecule has 0 aromatic carbocycles. The fourth-order valence-corrected chi connectivity index (χ4v) is 0.450. The molecule has 4 heteroatoms. The van der Waals surface area contributed by atoms with Crippen LogP contribution in [0.5, 0.6) is 0 Å². The van der Waals surface area contributed by atoms with Gasteiger partial charge >= 0.3 is 0 Å². The molecule has 44 valence electrons. The fraction of sp³-hybridized carbons (Fsp3) is 0.250. The highest BCUT2D eigenvalue weighted by Gasteiger charge is 2.07. The molecule has 1 rings (SSSR count). The largest absolute Gasteiger partial charge is 0.445 e. The third-order valence-corrected chi connectivity index (χ3v) is 0.825. The van der Waals surface area contributed by atoms with Crippen molar-refractivity contribution < 1.29 is 8.81 Å². The molecule has 0 aliphatic rings. The molecule has 0 saturated carbocycles. The Bertz CT molecular complexity index is 151. The summed E-state index contributed by atoms with van der Waals surface area (Å²) >= 11 is 4.92. The second-order valence-corrected chi connectivity index (χ2v) is 1.55. The predicted octanol–water partition coefficient (Wildman–Crippen LogP) is 1.88. The normalized spacial score (nSPS) is 13.8. The van der Waals surface area contributed by atoms with Crippen LogP contribution in [0.15, 0.2) is 16.9 Å². The highest BCUT2D eigenvalue weighted by Crippen LogP contribution is 2.18. The lowest BCUT2D eigenvalue weighted by Crippen LogP contribution is -1.78. The Balaban J connectivity index is 2.77. The van der Waals surface area contributed by atoms with Gasteiger partial charge in [-0.2, -0.15) is 0 Å². The molecule has 0 saturated heterocycles. The summed E-state index contributed by atoms with van der Waals surface area (Å²) in [4.78, 5) is 3.44. The van der Waals surface area contributed by atoms with Crippen molar-refractivity contribution in [3.63, 3.8) is 0 Å². The maximum Gasteiger partial charge on any atom is 0.248 e. The topological polar surface area (TPSA) is 26.0 Å². The SMILES string of the molecule is FC(Cl)c1ncco1. The van der Waals surface area contributed by atoms with Gasteiger partial charge in [-0.05, 0) is 0 Å². The van der Waals surface area contributed by atoms with E-state index in [1.807, 2.05) is 0 Å². The number of nitrogens with zero attached hydrogens (tertiary/aromatic N) is 1. The quantitative estimate of drug-likeness (QED) is 0.550. The summed E-state index contributed by atoms with van der Waals surface area (Å²) in [5, 5.41) is 0. The lowest BCUT2D eigenvalue weighted by atomic mass is 10.7. The Morgan fingerprint density at radius 1 is 1.88 bits per heavy atom. The van der Waals surface area contributed by atoms with Gasteiger partial charge in [-0.1, -0.05) is 11.6 Å². The van der Waals surface area contributed by atoms with Gasteiger partial charge in [0, 0.05) is 0 Å². The Labute approximate surface area is 50.3 Å². The molecule has 1 aromatic heterocycles. The smallest absolute Gasteiger partial charge is 0.248 e. The Kier molecular flexibility index (Phi) is 1.48. The van der Waals surface area contributed by atoms with Gasteiger partial charge in [0.15, 0.2) is 0 Å². The second-order valence-electron chi connectivity index (χ2n) is 1.17. The molecule has 0 N–H and O–H groups in total. The van der Waals surface area contributed by atoms with Crippen molar-refractivity contribution in [3.05, 3.63) is 18.4 Å². The Hall–Kier alpha value is -0.570. The number of rotatable bonds is 1. The van der Waals surface area contributed by atoms with Gasteiger partial charge in [0.1, 0.15) is 6.26 Å². The standard InChI is InChI=1S/C4H3ClFNO/c5-3(6)4-7-1-2-8-4/h1-3H. The molecular weight excluding hydrogens is 133 g/mol. The van der Waals surface area contributed by atoms with E-state index in [-0.39, 0.29) is 5.89 Å². The maximum atomic E-state index is 11.9. The number of hydrogen-bond acceptors (Lipinski definition) is 2. The summed E-state index contributed by atoms with van der Waals surface area (Å²) in [6.45, 7) is 0. The first-order valence-corrected chi connectivity index (χ1v) is 2.42. The summed E-state index contributed by atoms with van der Waals surface area (Å²) in [5.41, 5.74) is -1.62. The van der Waals surface area contributed by atoms with Crippen LogP contribution in [0.3, 0.4) is 0 Å². The molecule has 1 unspecified atom stereocenters. The first-order valence-electron chi connectivity index (χ1n) is 1.98. The van der Waals surface area contributed by atoms with Gasteiger partial charge in [0.2, 0.25) is 11.5 Å². The van der Waals surface area contributed by atoms with Crippen molar-refractivity contribution in [2.75, 3.05) is 0 Å². The summed E-state index contributed by atoms with van der Waals surface area (Å²) in [6, 6.07) is 0. The summed E-state index contributed by atoms with van der Waals surface area (Å²) in [5.74, 6) is -0.0910. The Morgan fingerprint density at radius 3 is 2.88 bits per heavy atom. The number of oxazole rings is 1. The lowest BCUT2D eigenvalue weighted by Gasteiger charge is -1.86. The van der Waals surface area contributed by atoms with Crippen molar-refractivity contribution in [1.29, 1.82) is 0 Å². The van der Waals surface area contributed by atoms with Crippen LogP contribution in [0.2, 0.25) is 0 Å². The van der Waals surface area contributed by atoms with E-state index in [1.54, 1.807) is 0 Å². The minimum Gasteiger partial charge on any atom is -0.445 e. The first kappa shape index (κ1) is 5.56. The molecule has 1 aromatic rings. The van der Waals surface area contributed by atoms with E-state index < -0.39 is 5.63 Å². The van der Waals surface area contributed by atoms with Crippen LogP contribution in [-0.4, -0.2) is 4.98 Å². The zero-order chi connectivity index (χ0) is 5.98. The van der Waals surface area contributed by atoms with Crippen LogP contribution >= 0.6 is 11.6 Å². The molecule has 0 aliphatic heterocycles. The first-order chi connectivity index (χ1) is 3.80. The second kappa shape index (κ2) is 2.13. The van der Waals surface area contributed by atoms with Gasteiger partial charge in [-0.25, -0.2) is 9.37 Å². The highest BCUT2D eigenvalue weighted by atomic mass is 35.5. The zero-order valence-corrected chi connectivity index (χ0v) is 4.60. The van der Waals surface area contributed by atoms with Gasteiger partial charge in [-0.3, -0.25) is 0 Å². The summed E-state index contributed by atoms with van der Waals surface area (Å²) in [6.07, 6.45) is 2.61. The van der Waals surface area contributed by atoms with E-state index in [2.05, 4.69) is 9.40 Å². The molecule has 1 heterocycles. The van der Waals surface area contributed by atoms with E-state index in [0.29, 0.717) is 0 Å². The highest BCUT2D eigenvalue weighted by molar-refractivity contribution is 6.19. The van der Waals surface area contributed by atoms with Crippen LogP contribution < -0.4 is 0 Å². The van der Waals surface area contributed by atoms with Crippen LogP contribution in [0.4, 0.5) is 4.39 Å². The van der Waals surface area contributed by atoms with E-state index in [4.69, 9.17) is 11.6 Å². The van der Waals surface area contributed by atoms with E-state index in [9.17, 15) is 4.39 Å². The third kappa shape index (κ3) is 0.980. The van der Waals surface area contributed by atoms with E-state index >= 15 is 0 Å². The van der Waals surface area contributed by atoms with E-state index in [1.165, 1.54) is 12.5 Å². The predicted molar refractivity (Wildman–Crippen MR) is 26.2 cm³/mol. The van der Waals surface area contributed by atoms with Crippen molar-refractivity contribution in [3.8, 4) is 0 Å². The molecule has 1 atom stereocenters. The van der Waals surface area contributed by atoms with Gasteiger partial charge in [0.25, 0.3) is 0 Å². The molecule has 2 nitrogen and oxygen atoms in total. The molecule has 0 radical (unpaired) electrons. The molecular formula is C4H3ClFNO. The maximum absolute atomic E-state index is 11.9. The monoisotopic (exact) mass is 135 g/mol. The van der Waals surface area contributed by atoms with Crippen molar-refractivity contribution in [2.45, 2.75) is 5.63 Å². The van der Waals surface area contributed by atoms with Gasteiger partial charge in [-0.15, -0.1) is 0 Å². The third-order valence-electron chi connectivity index (χ3n) is 0.638. The van der Waals surface area contributed by atoms with Gasteiger partial charge < -0.3 is 4.42 Å². The minimum atomic E-state index is -1.62. The van der Waals surface area contributed by atoms with Crippen LogP contribution in [0, 0.1) is 0 Å². The molecule has 0 fully saturated rings. The number of alkyl halides is 2. The number of hydrogen-bond donors (Lipinski definition) is 0. The van der Waals surface area contributed by atoms with Crippen molar-refractivity contribution in [2.24, 2.45) is 0 Å².